The minimum absolute atomic E-state index is 0.284. The van der Waals surface area contributed by atoms with Crippen LogP contribution in [0.25, 0.3) is 0 Å². The van der Waals surface area contributed by atoms with Gasteiger partial charge in [-0.15, -0.1) is 0 Å². The second kappa shape index (κ2) is 11.5. The number of aliphatic hydroxyl groups is 2. The van der Waals surface area contributed by atoms with Crippen molar-refractivity contribution in [2.24, 2.45) is 0 Å². The third-order valence-electron chi connectivity index (χ3n) is 5.81. The average molecular weight is 429 g/mol. The fraction of sp³-hybridized carbons (Fsp3) is 0.520. The number of rotatable bonds is 10. The first-order valence-electron chi connectivity index (χ1n) is 11.1. The van der Waals surface area contributed by atoms with Crippen molar-refractivity contribution in [3.8, 4) is 11.5 Å². The Bertz CT molecular complexity index is 816. The SMILES string of the molecule is Cc1ccccc1OC[C@@H](O)CN1CCN(C[C@@H](O)COc2ccccc2C)C[C@@H]1C. The molecule has 3 atom stereocenters. The van der Waals surface area contributed by atoms with Crippen LogP contribution in [0.5, 0.6) is 11.5 Å². The Morgan fingerprint density at radius 3 is 1.87 bits per heavy atom. The molecule has 3 rings (SSSR count). The molecule has 2 aromatic carbocycles. The Balaban J connectivity index is 1.37. The summed E-state index contributed by atoms with van der Waals surface area (Å²) in [6.07, 6.45) is -1.08. The van der Waals surface area contributed by atoms with E-state index in [1.165, 1.54) is 0 Å². The molecule has 6 heteroatoms. The third-order valence-corrected chi connectivity index (χ3v) is 5.81. The number of para-hydroxylation sites is 2. The zero-order chi connectivity index (χ0) is 22.2. The van der Waals surface area contributed by atoms with Crippen LogP contribution in [-0.4, -0.2) is 84.2 Å². The number of ether oxygens (including phenoxy) is 2. The van der Waals surface area contributed by atoms with Gasteiger partial charge in [0.15, 0.2) is 0 Å². The lowest BCUT2D eigenvalue weighted by Crippen LogP contribution is -2.55. The summed E-state index contributed by atoms with van der Waals surface area (Å²) in [4.78, 5) is 4.56. The molecular weight excluding hydrogens is 392 g/mol. The second-order valence-electron chi connectivity index (χ2n) is 8.56. The Hall–Kier alpha value is -2.12. The Labute approximate surface area is 186 Å². The lowest BCUT2D eigenvalue weighted by atomic mass is 10.1. The smallest absolute Gasteiger partial charge is 0.122 e. The van der Waals surface area contributed by atoms with Gasteiger partial charge in [-0.2, -0.15) is 0 Å². The van der Waals surface area contributed by atoms with Crippen LogP contribution in [0.2, 0.25) is 0 Å². The highest BCUT2D eigenvalue weighted by molar-refractivity contribution is 5.32. The van der Waals surface area contributed by atoms with Crippen LogP contribution >= 0.6 is 0 Å². The minimum Gasteiger partial charge on any atom is -0.491 e. The maximum absolute atomic E-state index is 10.4. The van der Waals surface area contributed by atoms with Crippen LogP contribution < -0.4 is 9.47 Å². The monoisotopic (exact) mass is 428 g/mol. The number of piperazine rings is 1. The summed E-state index contributed by atoms with van der Waals surface area (Å²) in [5, 5.41) is 20.9. The summed E-state index contributed by atoms with van der Waals surface area (Å²) in [6.45, 7) is 10.5. The predicted molar refractivity (Wildman–Crippen MR) is 123 cm³/mol. The summed E-state index contributed by atoms with van der Waals surface area (Å²) in [6, 6.07) is 16.0. The van der Waals surface area contributed by atoms with Gasteiger partial charge in [0, 0.05) is 38.8 Å². The van der Waals surface area contributed by atoms with Crippen molar-refractivity contribution in [2.75, 3.05) is 45.9 Å². The van der Waals surface area contributed by atoms with E-state index in [1.54, 1.807) is 0 Å². The first kappa shape index (κ1) is 23.5. The summed E-state index contributed by atoms with van der Waals surface area (Å²) < 4.78 is 11.6. The third kappa shape index (κ3) is 7.21. The molecule has 0 bridgehead atoms. The fourth-order valence-electron chi connectivity index (χ4n) is 3.99. The molecule has 1 aliphatic heterocycles. The summed E-state index contributed by atoms with van der Waals surface area (Å²) in [5.74, 6) is 1.64. The minimum atomic E-state index is -0.540. The van der Waals surface area contributed by atoms with Crippen molar-refractivity contribution in [1.29, 1.82) is 0 Å². The van der Waals surface area contributed by atoms with Gasteiger partial charge in [-0.1, -0.05) is 36.4 Å². The predicted octanol–water partition coefficient (Wildman–Crippen LogP) is 2.49. The number of aliphatic hydroxyl groups excluding tert-OH is 2. The van der Waals surface area contributed by atoms with Crippen molar-refractivity contribution >= 4 is 0 Å². The molecule has 0 saturated carbocycles. The molecular formula is C25H36N2O4. The number of nitrogens with zero attached hydrogens (tertiary/aromatic N) is 2. The van der Waals surface area contributed by atoms with Gasteiger partial charge in [-0.25, -0.2) is 0 Å². The van der Waals surface area contributed by atoms with Crippen molar-refractivity contribution in [3.05, 3.63) is 59.7 Å². The molecule has 0 spiro atoms. The summed E-state index contributed by atoms with van der Waals surface area (Å²) >= 11 is 0. The maximum atomic E-state index is 10.4. The van der Waals surface area contributed by atoms with Crippen LogP contribution in [0, 0.1) is 13.8 Å². The van der Waals surface area contributed by atoms with E-state index in [0.717, 1.165) is 42.3 Å². The zero-order valence-electron chi connectivity index (χ0n) is 18.9. The lowest BCUT2D eigenvalue weighted by Gasteiger charge is -2.41. The van der Waals surface area contributed by atoms with E-state index in [-0.39, 0.29) is 13.2 Å². The maximum Gasteiger partial charge on any atom is 0.122 e. The van der Waals surface area contributed by atoms with E-state index in [0.29, 0.717) is 19.1 Å². The van der Waals surface area contributed by atoms with Gasteiger partial charge >= 0.3 is 0 Å². The Kier molecular flexibility index (Phi) is 8.72. The van der Waals surface area contributed by atoms with Gasteiger partial charge in [-0.3, -0.25) is 9.80 Å². The van der Waals surface area contributed by atoms with E-state index in [4.69, 9.17) is 9.47 Å². The number of benzene rings is 2. The second-order valence-corrected chi connectivity index (χ2v) is 8.56. The highest BCUT2D eigenvalue weighted by Crippen LogP contribution is 2.18. The molecule has 2 N–H and O–H groups in total. The number of β-amino-alcohol motifs (C(OH)–C–C–N with tert-alkyl or cyclic N) is 2. The molecule has 0 unspecified atom stereocenters. The first-order valence-corrected chi connectivity index (χ1v) is 11.1. The Morgan fingerprint density at radius 2 is 1.35 bits per heavy atom. The van der Waals surface area contributed by atoms with Gasteiger partial charge in [0.05, 0.1) is 0 Å². The fourth-order valence-corrected chi connectivity index (χ4v) is 3.99. The molecule has 6 nitrogen and oxygen atoms in total. The topological polar surface area (TPSA) is 65.4 Å². The summed E-state index contributed by atoms with van der Waals surface area (Å²) in [5.41, 5.74) is 2.14. The molecule has 1 fully saturated rings. The highest BCUT2D eigenvalue weighted by atomic mass is 16.5. The summed E-state index contributed by atoms with van der Waals surface area (Å²) in [7, 11) is 0. The molecule has 0 aliphatic carbocycles. The number of hydrogen-bond acceptors (Lipinski definition) is 6. The van der Waals surface area contributed by atoms with E-state index in [1.807, 2.05) is 62.4 Å². The molecule has 1 aliphatic rings. The zero-order valence-corrected chi connectivity index (χ0v) is 18.9. The molecule has 1 saturated heterocycles. The van der Waals surface area contributed by atoms with E-state index < -0.39 is 12.2 Å². The van der Waals surface area contributed by atoms with Gasteiger partial charge in [0.2, 0.25) is 0 Å². The van der Waals surface area contributed by atoms with Crippen molar-refractivity contribution in [2.45, 2.75) is 39.0 Å². The molecule has 0 aromatic heterocycles. The quantitative estimate of drug-likeness (QED) is 0.606. The van der Waals surface area contributed by atoms with Gasteiger partial charge in [0.1, 0.15) is 36.9 Å². The lowest BCUT2D eigenvalue weighted by molar-refractivity contribution is 0.00235. The molecule has 1 heterocycles. The van der Waals surface area contributed by atoms with Gasteiger partial charge < -0.3 is 19.7 Å². The van der Waals surface area contributed by atoms with Crippen LogP contribution in [0.4, 0.5) is 0 Å². The molecule has 2 aromatic rings. The van der Waals surface area contributed by atoms with Crippen LogP contribution in [0.1, 0.15) is 18.1 Å². The number of aryl methyl sites for hydroxylation is 2. The van der Waals surface area contributed by atoms with Crippen molar-refractivity contribution < 1.29 is 19.7 Å². The van der Waals surface area contributed by atoms with Crippen LogP contribution in [-0.2, 0) is 0 Å². The van der Waals surface area contributed by atoms with E-state index >= 15 is 0 Å². The molecule has 0 radical (unpaired) electrons. The van der Waals surface area contributed by atoms with Crippen molar-refractivity contribution in [1.82, 2.24) is 9.80 Å². The standard InChI is InChI=1S/C25H36N2O4/c1-19-8-4-6-10-24(19)30-17-22(28)15-26-12-13-27(21(3)14-26)16-23(29)18-31-25-11-7-5-9-20(25)2/h4-11,21-23,28-29H,12-18H2,1-3H3/t21-,22+,23-/m0/s1. The normalized spacial score (nSPS) is 19.7. The van der Waals surface area contributed by atoms with Crippen LogP contribution in [0.3, 0.4) is 0 Å². The first-order chi connectivity index (χ1) is 14.9. The van der Waals surface area contributed by atoms with Crippen LogP contribution in [0.15, 0.2) is 48.5 Å². The number of hydrogen-bond donors (Lipinski definition) is 2. The van der Waals surface area contributed by atoms with E-state index in [2.05, 4.69) is 16.7 Å². The van der Waals surface area contributed by atoms with E-state index in [9.17, 15) is 10.2 Å². The molecule has 170 valence electrons. The highest BCUT2D eigenvalue weighted by Gasteiger charge is 2.26. The van der Waals surface area contributed by atoms with Crippen molar-refractivity contribution in [3.63, 3.8) is 0 Å². The van der Waals surface area contributed by atoms with Gasteiger partial charge in [-0.05, 0) is 44.0 Å². The average Bonchev–Trinajstić information content (AvgIpc) is 2.74. The molecule has 31 heavy (non-hydrogen) atoms. The largest absolute Gasteiger partial charge is 0.491 e. The molecule has 0 amide bonds. The Morgan fingerprint density at radius 1 is 0.839 bits per heavy atom. The van der Waals surface area contributed by atoms with Gasteiger partial charge in [0.25, 0.3) is 0 Å².